The third kappa shape index (κ3) is 3.96. The Balaban J connectivity index is 2.22. The number of hydrogen-bond donors (Lipinski definition) is 1. The molecule has 0 atom stereocenters. The smallest absolute Gasteiger partial charge is 0.410 e. The fourth-order valence-electron chi connectivity index (χ4n) is 2.48. The Labute approximate surface area is 140 Å². The van der Waals surface area contributed by atoms with Crippen molar-refractivity contribution in [1.29, 1.82) is 0 Å². The first-order chi connectivity index (χ1) is 10.8. The molecule has 128 valence electrons. The first-order valence-corrected chi connectivity index (χ1v) is 8.55. The van der Waals surface area contributed by atoms with Gasteiger partial charge >= 0.3 is 12.1 Å². The van der Waals surface area contributed by atoms with Crippen molar-refractivity contribution in [1.82, 2.24) is 4.90 Å². The average molecular weight is 340 g/mol. The Bertz CT molecular complexity index is 604. The molecule has 0 aromatic carbocycles. The van der Waals surface area contributed by atoms with Crippen molar-refractivity contribution in [3.8, 4) is 0 Å². The standard InChI is InChI=1S/C16H24N2O4S/c1-6-21-14(19)12-10-7-8-18(15(20)22-16(2,3)4)9-11(10)23-13(12)17-5/h17H,6-9H2,1-5H3. The van der Waals surface area contributed by atoms with E-state index in [4.69, 9.17) is 9.47 Å². The predicted molar refractivity (Wildman–Crippen MR) is 90.2 cm³/mol. The van der Waals surface area contributed by atoms with Crippen LogP contribution in [-0.4, -0.2) is 42.8 Å². The molecule has 1 aliphatic rings. The average Bonchev–Trinajstić information content (AvgIpc) is 2.83. The molecule has 1 N–H and O–H groups in total. The molecule has 6 nitrogen and oxygen atoms in total. The number of thiophene rings is 1. The van der Waals surface area contributed by atoms with Crippen molar-refractivity contribution >= 4 is 28.4 Å². The summed E-state index contributed by atoms with van der Waals surface area (Å²) in [5.41, 5.74) is 1.08. The lowest BCUT2D eigenvalue weighted by molar-refractivity contribution is 0.0226. The van der Waals surface area contributed by atoms with Gasteiger partial charge in [0.1, 0.15) is 10.6 Å². The molecule has 1 aliphatic heterocycles. The molecular formula is C16H24N2O4S. The van der Waals surface area contributed by atoms with Crippen LogP contribution in [-0.2, 0) is 22.4 Å². The first kappa shape index (κ1) is 17.6. The normalized spacial score (nSPS) is 14.2. The Morgan fingerprint density at radius 1 is 1.35 bits per heavy atom. The number of carbonyl (C=O) groups is 2. The topological polar surface area (TPSA) is 67.9 Å². The van der Waals surface area contributed by atoms with Crippen molar-refractivity contribution in [3.05, 3.63) is 16.0 Å². The number of fused-ring (bicyclic) bond motifs is 1. The van der Waals surface area contributed by atoms with Gasteiger partial charge in [-0.2, -0.15) is 0 Å². The summed E-state index contributed by atoms with van der Waals surface area (Å²) >= 11 is 1.49. The zero-order valence-corrected chi connectivity index (χ0v) is 15.1. The molecule has 0 saturated carbocycles. The van der Waals surface area contributed by atoms with Gasteiger partial charge in [0, 0.05) is 18.5 Å². The van der Waals surface area contributed by atoms with Gasteiger partial charge in [0.2, 0.25) is 0 Å². The Morgan fingerprint density at radius 2 is 2.04 bits per heavy atom. The zero-order valence-electron chi connectivity index (χ0n) is 14.3. The lowest BCUT2D eigenvalue weighted by Crippen LogP contribution is -2.39. The number of nitrogens with zero attached hydrogens (tertiary/aromatic N) is 1. The molecule has 0 unspecified atom stereocenters. The van der Waals surface area contributed by atoms with Crippen molar-refractivity contribution in [2.45, 2.75) is 46.3 Å². The maximum absolute atomic E-state index is 12.2. The second kappa shape index (κ2) is 6.78. The molecule has 0 saturated heterocycles. The Hall–Kier alpha value is -1.76. The second-order valence-electron chi connectivity index (χ2n) is 6.33. The van der Waals surface area contributed by atoms with E-state index < -0.39 is 5.60 Å². The van der Waals surface area contributed by atoms with Crippen molar-refractivity contribution in [3.63, 3.8) is 0 Å². The minimum atomic E-state index is -0.515. The summed E-state index contributed by atoms with van der Waals surface area (Å²) in [6, 6.07) is 0. The molecule has 0 spiro atoms. The van der Waals surface area contributed by atoms with Crippen LogP contribution in [0.15, 0.2) is 0 Å². The van der Waals surface area contributed by atoms with E-state index in [0.717, 1.165) is 15.4 Å². The van der Waals surface area contributed by atoms with Crippen LogP contribution in [0.5, 0.6) is 0 Å². The number of nitrogens with one attached hydrogen (secondary N) is 1. The summed E-state index contributed by atoms with van der Waals surface area (Å²) in [6.45, 7) is 8.68. The molecule has 0 fully saturated rings. The van der Waals surface area contributed by atoms with Crippen molar-refractivity contribution < 1.29 is 19.1 Å². The summed E-state index contributed by atoms with van der Waals surface area (Å²) in [7, 11) is 1.78. The Kier molecular flexibility index (Phi) is 5.19. The van der Waals surface area contributed by atoms with Gasteiger partial charge in [0.25, 0.3) is 0 Å². The molecule has 1 aromatic heterocycles. The molecule has 1 aromatic rings. The maximum atomic E-state index is 12.2. The monoisotopic (exact) mass is 340 g/mol. The first-order valence-electron chi connectivity index (χ1n) is 7.74. The molecule has 2 heterocycles. The largest absolute Gasteiger partial charge is 0.462 e. The maximum Gasteiger partial charge on any atom is 0.410 e. The van der Waals surface area contributed by atoms with E-state index in [1.165, 1.54) is 11.3 Å². The van der Waals surface area contributed by atoms with Gasteiger partial charge in [-0.25, -0.2) is 9.59 Å². The summed E-state index contributed by atoms with van der Waals surface area (Å²) in [5, 5.41) is 3.85. The summed E-state index contributed by atoms with van der Waals surface area (Å²) in [6.07, 6.45) is 0.307. The Morgan fingerprint density at radius 3 is 2.61 bits per heavy atom. The lowest BCUT2D eigenvalue weighted by Gasteiger charge is -2.30. The molecule has 7 heteroatoms. The van der Waals surface area contributed by atoms with E-state index in [9.17, 15) is 9.59 Å². The van der Waals surface area contributed by atoms with Crippen LogP contribution < -0.4 is 5.32 Å². The number of ether oxygens (including phenoxy) is 2. The number of hydrogen-bond acceptors (Lipinski definition) is 6. The highest BCUT2D eigenvalue weighted by molar-refractivity contribution is 7.16. The third-order valence-electron chi connectivity index (χ3n) is 3.42. The lowest BCUT2D eigenvalue weighted by atomic mass is 10.0. The van der Waals surface area contributed by atoms with Crippen LogP contribution in [0, 0.1) is 0 Å². The van der Waals surface area contributed by atoms with Gasteiger partial charge in [-0.15, -0.1) is 11.3 Å². The molecule has 23 heavy (non-hydrogen) atoms. The molecule has 0 radical (unpaired) electrons. The molecule has 2 rings (SSSR count). The van der Waals surface area contributed by atoms with Crippen molar-refractivity contribution in [2.75, 3.05) is 25.5 Å². The van der Waals surface area contributed by atoms with Crippen LogP contribution in [0.2, 0.25) is 0 Å². The van der Waals surface area contributed by atoms with Crippen LogP contribution >= 0.6 is 11.3 Å². The number of anilines is 1. The van der Waals surface area contributed by atoms with E-state index >= 15 is 0 Å². The minimum absolute atomic E-state index is 0.305. The summed E-state index contributed by atoms with van der Waals surface area (Å²) in [4.78, 5) is 27.1. The second-order valence-corrected chi connectivity index (χ2v) is 7.44. The highest BCUT2D eigenvalue weighted by atomic mass is 32.1. The summed E-state index contributed by atoms with van der Waals surface area (Å²) in [5.74, 6) is -0.305. The number of esters is 1. The van der Waals surface area contributed by atoms with Crippen LogP contribution in [0.4, 0.5) is 9.80 Å². The van der Waals surface area contributed by atoms with Gasteiger partial charge in [-0.1, -0.05) is 0 Å². The van der Waals surface area contributed by atoms with Gasteiger partial charge < -0.3 is 19.7 Å². The zero-order chi connectivity index (χ0) is 17.2. The van der Waals surface area contributed by atoms with E-state index in [1.807, 2.05) is 20.8 Å². The van der Waals surface area contributed by atoms with E-state index in [2.05, 4.69) is 5.32 Å². The summed E-state index contributed by atoms with van der Waals surface area (Å²) < 4.78 is 10.6. The third-order valence-corrected chi connectivity index (χ3v) is 4.65. The highest BCUT2D eigenvalue weighted by Crippen LogP contribution is 2.37. The predicted octanol–water partition coefficient (Wildman–Crippen LogP) is 3.26. The quantitative estimate of drug-likeness (QED) is 0.856. The molecular weight excluding hydrogens is 316 g/mol. The van der Waals surface area contributed by atoms with E-state index in [-0.39, 0.29) is 12.1 Å². The van der Waals surface area contributed by atoms with Gasteiger partial charge in [0.05, 0.1) is 18.7 Å². The fraction of sp³-hybridized carbons (Fsp3) is 0.625. The van der Waals surface area contributed by atoms with Crippen LogP contribution in [0.3, 0.4) is 0 Å². The number of rotatable bonds is 3. The highest BCUT2D eigenvalue weighted by Gasteiger charge is 2.31. The van der Waals surface area contributed by atoms with Crippen LogP contribution in [0.25, 0.3) is 0 Å². The van der Waals surface area contributed by atoms with Gasteiger partial charge in [-0.05, 0) is 39.7 Å². The SMILES string of the molecule is CCOC(=O)c1c(NC)sc2c1CCN(C(=O)OC(C)(C)C)C2. The van der Waals surface area contributed by atoms with Gasteiger partial charge in [0.15, 0.2) is 0 Å². The van der Waals surface area contributed by atoms with Crippen LogP contribution in [0.1, 0.15) is 48.5 Å². The van der Waals surface area contributed by atoms with E-state index in [0.29, 0.717) is 31.7 Å². The fourth-order valence-corrected chi connectivity index (χ4v) is 3.69. The minimum Gasteiger partial charge on any atom is -0.462 e. The van der Waals surface area contributed by atoms with Crippen molar-refractivity contribution in [2.24, 2.45) is 0 Å². The molecule has 1 amide bonds. The molecule has 0 aliphatic carbocycles. The number of amides is 1. The molecule has 0 bridgehead atoms. The van der Waals surface area contributed by atoms with E-state index in [1.54, 1.807) is 18.9 Å². The van der Waals surface area contributed by atoms with Gasteiger partial charge in [-0.3, -0.25) is 0 Å². The number of carbonyl (C=O) groups excluding carboxylic acids is 2.